The maximum atomic E-state index is 12.1. The molecule has 2 aromatic carbocycles. The van der Waals surface area contributed by atoms with Crippen molar-refractivity contribution in [2.75, 3.05) is 38.2 Å². The minimum absolute atomic E-state index is 0.00267. The molecule has 0 radical (unpaired) electrons. The second-order valence-corrected chi connectivity index (χ2v) is 9.89. The monoisotopic (exact) mass is 493 g/mol. The summed E-state index contributed by atoms with van der Waals surface area (Å²) in [5, 5.41) is 5.99. The van der Waals surface area contributed by atoms with Crippen molar-refractivity contribution in [1.82, 2.24) is 10.2 Å². The summed E-state index contributed by atoms with van der Waals surface area (Å²) in [7, 11) is 0. The number of ether oxygens (including phenoxy) is 3. The van der Waals surface area contributed by atoms with E-state index in [1.807, 2.05) is 42.5 Å². The molecule has 2 aromatic rings. The Morgan fingerprint density at radius 2 is 1.75 bits per heavy atom. The van der Waals surface area contributed by atoms with Gasteiger partial charge in [0, 0.05) is 37.7 Å². The van der Waals surface area contributed by atoms with Crippen molar-refractivity contribution >= 4 is 17.7 Å². The number of nitrogens with one attached hydrogen (secondary N) is 2. The van der Waals surface area contributed by atoms with Gasteiger partial charge in [-0.2, -0.15) is 0 Å². The van der Waals surface area contributed by atoms with Gasteiger partial charge < -0.3 is 24.8 Å². The van der Waals surface area contributed by atoms with E-state index in [2.05, 4.69) is 15.5 Å². The smallest absolute Gasteiger partial charge is 0.407 e. The van der Waals surface area contributed by atoms with E-state index in [4.69, 9.17) is 14.2 Å². The van der Waals surface area contributed by atoms with Crippen LogP contribution in [0.15, 0.2) is 42.5 Å². The molecular weight excluding hydrogens is 458 g/mol. The van der Waals surface area contributed by atoms with Crippen molar-refractivity contribution in [2.24, 2.45) is 5.92 Å². The molecule has 8 heteroatoms. The molecule has 36 heavy (non-hydrogen) atoms. The van der Waals surface area contributed by atoms with Gasteiger partial charge in [0.2, 0.25) is 5.91 Å². The van der Waals surface area contributed by atoms with Gasteiger partial charge in [0.05, 0.1) is 12.3 Å². The number of piperidine rings is 1. The molecule has 2 heterocycles. The summed E-state index contributed by atoms with van der Waals surface area (Å²) in [5.41, 5.74) is 2.79. The Hall–Kier alpha value is -3.26. The Morgan fingerprint density at radius 1 is 0.972 bits per heavy atom. The molecule has 5 rings (SSSR count). The third kappa shape index (κ3) is 6.69. The van der Waals surface area contributed by atoms with Crippen LogP contribution in [0, 0.1) is 5.92 Å². The Kier molecular flexibility index (Phi) is 7.91. The first-order valence-electron chi connectivity index (χ1n) is 13.0. The van der Waals surface area contributed by atoms with Crippen LogP contribution < -0.4 is 20.1 Å². The first-order valence-corrected chi connectivity index (χ1v) is 13.0. The molecule has 3 aliphatic rings. The van der Waals surface area contributed by atoms with Crippen LogP contribution in [-0.4, -0.2) is 55.8 Å². The number of rotatable bonds is 10. The minimum Gasteiger partial charge on any atom is -0.492 e. The number of hydrogen-bond acceptors (Lipinski definition) is 6. The fraction of sp³-hybridized carbons (Fsp3) is 0.500. The molecule has 0 atom stereocenters. The second kappa shape index (κ2) is 11.6. The molecule has 2 amide bonds. The van der Waals surface area contributed by atoms with Crippen LogP contribution in [-0.2, 0) is 22.6 Å². The number of benzene rings is 2. The van der Waals surface area contributed by atoms with Crippen molar-refractivity contribution in [2.45, 2.75) is 51.2 Å². The highest BCUT2D eigenvalue weighted by Gasteiger charge is 2.26. The Morgan fingerprint density at radius 3 is 2.53 bits per heavy atom. The Labute approximate surface area is 212 Å². The van der Waals surface area contributed by atoms with Gasteiger partial charge in [0.15, 0.2) is 0 Å². The predicted molar refractivity (Wildman–Crippen MR) is 136 cm³/mol. The largest absolute Gasteiger partial charge is 0.492 e. The SMILES string of the molecule is O=C1CCc2c(OCCN3CCC(NC(=O)OCC4CC4)CC3)ccc(OCc3ccccc3)c2N1. The first-order chi connectivity index (χ1) is 17.6. The molecule has 1 saturated heterocycles. The topological polar surface area (TPSA) is 89.1 Å². The van der Waals surface area contributed by atoms with Crippen LogP contribution in [0.5, 0.6) is 11.5 Å². The summed E-state index contributed by atoms with van der Waals surface area (Å²) in [6, 6.07) is 14.0. The lowest BCUT2D eigenvalue weighted by molar-refractivity contribution is -0.116. The van der Waals surface area contributed by atoms with Gasteiger partial charge in [0.25, 0.3) is 0 Å². The average Bonchev–Trinajstić information content (AvgIpc) is 3.73. The van der Waals surface area contributed by atoms with Gasteiger partial charge in [-0.05, 0) is 55.7 Å². The number of amides is 2. The molecule has 0 unspecified atom stereocenters. The van der Waals surface area contributed by atoms with Crippen molar-refractivity contribution in [3.8, 4) is 11.5 Å². The molecule has 8 nitrogen and oxygen atoms in total. The molecule has 0 bridgehead atoms. The van der Waals surface area contributed by atoms with Crippen molar-refractivity contribution in [3.05, 3.63) is 53.6 Å². The molecule has 0 spiro atoms. The fourth-order valence-electron chi connectivity index (χ4n) is 4.70. The van der Waals surface area contributed by atoms with Crippen molar-refractivity contribution in [1.29, 1.82) is 0 Å². The van der Waals surface area contributed by atoms with Gasteiger partial charge in [0.1, 0.15) is 24.7 Å². The highest BCUT2D eigenvalue weighted by atomic mass is 16.5. The van der Waals surface area contributed by atoms with Crippen LogP contribution >= 0.6 is 0 Å². The van der Waals surface area contributed by atoms with E-state index in [1.54, 1.807) is 0 Å². The number of likely N-dealkylation sites (tertiary alicyclic amines) is 1. The summed E-state index contributed by atoms with van der Waals surface area (Å²) in [4.78, 5) is 26.4. The van der Waals surface area contributed by atoms with E-state index >= 15 is 0 Å². The highest BCUT2D eigenvalue weighted by molar-refractivity contribution is 5.96. The van der Waals surface area contributed by atoms with Crippen LogP contribution in [0.2, 0.25) is 0 Å². The number of anilines is 1. The average molecular weight is 494 g/mol. The van der Waals surface area contributed by atoms with Crippen molar-refractivity contribution in [3.63, 3.8) is 0 Å². The van der Waals surface area contributed by atoms with Crippen LogP contribution in [0.1, 0.15) is 43.2 Å². The number of alkyl carbamates (subject to hydrolysis) is 1. The number of carbonyl (C=O) groups excluding carboxylic acids is 2. The normalized spacial score (nSPS) is 18.2. The number of fused-ring (bicyclic) bond motifs is 1. The third-order valence-electron chi connectivity index (χ3n) is 7.06. The first kappa shape index (κ1) is 24.4. The van der Waals surface area contributed by atoms with E-state index < -0.39 is 0 Å². The summed E-state index contributed by atoms with van der Waals surface area (Å²) >= 11 is 0. The third-order valence-corrected chi connectivity index (χ3v) is 7.06. The van der Waals surface area contributed by atoms with Gasteiger partial charge >= 0.3 is 6.09 Å². The molecule has 1 saturated carbocycles. The zero-order valence-electron chi connectivity index (χ0n) is 20.7. The minimum atomic E-state index is -0.281. The summed E-state index contributed by atoms with van der Waals surface area (Å²) in [6.45, 7) is 4.19. The molecular formula is C28H35N3O5. The molecule has 2 N–H and O–H groups in total. The lowest BCUT2D eigenvalue weighted by Gasteiger charge is -2.32. The molecule has 1 aliphatic carbocycles. The quantitative estimate of drug-likeness (QED) is 0.517. The van der Waals surface area contributed by atoms with E-state index in [1.165, 1.54) is 12.8 Å². The highest BCUT2D eigenvalue weighted by Crippen LogP contribution is 2.39. The van der Waals surface area contributed by atoms with Gasteiger partial charge in [-0.3, -0.25) is 9.69 Å². The lowest BCUT2D eigenvalue weighted by Crippen LogP contribution is -2.45. The summed E-state index contributed by atoms with van der Waals surface area (Å²) < 4.78 is 17.5. The predicted octanol–water partition coefficient (Wildman–Crippen LogP) is 4.13. The van der Waals surface area contributed by atoms with Crippen LogP contribution in [0.25, 0.3) is 0 Å². The second-order valence-electron chi connectivity index (χ2n) is 9.89. The molecule has 192 valence electrons. The van der Waals surface area contributed by atoms with Crippen LogP contribution in [0.4, 0.5) is 10.5 Å². The zero-order chi connectivity index (χ0) is 24.7. The molecule has 0 aromatic heterocycles. The van der Waals surface area contributed by atoms with E-state index in [-0.39, 0.29) is 18.0 Å². The van der Waals surface area contributed by atoms with E-state index in [0.29, 0.717) is 44.3 Å². The fourth-order valence-corrected chi connectivity index (χ4v) is 4.70. The number of hydrogen-bond donors (Lipinski definition) is 2. The zero-order valence-corrected chi connectivity index (χ0v) is 20.7. The van der Waals surface area contributed by atoms with Crippen molar-refractivity contribution < 1.29 is 23.8 Å². The number of carbonyl (C=O) groups is 2. The van der Waals surface area contributed by atoms with E-state index in [0.717, 1.165) is 55.0 Å². The van der Waals surface area contributed by atoms with Gasteiger partial charge in [-0.15, -0.1) is 0 Å². The standard InChI is InChI=1S/C28H35N3O5/c32-26-11-8-23-24(9-10-25(27(23)30-26)35-18-20-4-2-1-3-5-20)34-17-16-31-14-12-22(13-15-31)29-28(33)36-19-21-6-7-21/h1-5,9-10,21-22H,6-8,11-19H2,(H,29,33)(H,30,32). The maximum absolute atomic E-state index is 12.1. The molecule has 2 aliphatic heterocycles. The Bertz CT molecular complexity index is 1050. The lowest BCUT2D eigenvalue weighted by atomic mass is 10.0. The summed E-state index contributed by atoms with van der Waals surface area (Å²) in [6.07, 6.45) is 4.97. The van der Waals surface area contributed by atoms with Crippen LogP contribution in [0.3, 0.4) is 0 Å². The summed E-state index contributed by atoms with van der Waals surface area (Å²) in [5.74, 6) is 2.04. The Balaban J connectivity index is 1.09. The maximum Gasteiger partial charge on any atom is 0.407 e. The number of nitrogens with zero attached hydrogens (tertiary/aromatic N) is 1. The van der Waals surface area contributed by atoms with Gasteiger partial charge in [-0.1, -0.05) is 30.3 Å². The van der Waals surface area contributed by atoms with Gasteiger partial charge in [-0.25, -0.2) is 4.79 Å². The molecule has 2 fully saturated rings. The van der Waals surface area contributed by atoms with E-state index in [9.17, 15) is 9.59 Å².